The molecule has 0 spiro atoms. The Labute approximate surface area is 150 Å². The Kier molecular flexibility index (Phi) is 7.35. The number of carbonyl (C=O) groups excluding carboxylic acids is 2. The van der Waals surface area contributed by atoms with Crippen LogP contribution in [0.1, 0.15) is 18.4 Å². The van der Waals surface area contributed by atoms with Gasteiger partial charge in [0.15, 0.2) is 0 Å². The zero-order valence-electron chi connectivity index (χ0n) is 13.9. The fraction of sp³-hybridized carbons (Fsp3) is 0.263. The monoisotopic (exact) mass is 358 g/mol. The van der Waals surface area contributed by atoms with E-state index in [-0.39, 0.29) is 24.5 Å². The van der Waals surface area contributed by atoms with Gasteiger partial charge in [0.2, 0.25) is 11.8 Å². The Morgan fingerprint density at radius 3 is 2.20 bits per heavy atom. The Bertz CT molecular complexity index is 720. The molecule has 0 radical (unpaired) electrons. The summed E-state index contributed by atoms with van der Waals surface area (Å²) < 4.78 is 12.2. The van der Waals surface area contributed by atoms with Crippen molar-refractivity contribution in [1.82, 2.24) is 5.32 Å². The van der Waals surface area contributed by atoms with Crippen molar-refractivity contribution in [2.45, 2.75) is 30.2 Å². The number of rotatable bonds is 9. The minimum atomic E-state index is -1.23. The average molecular weight is 358 g/mol. The molecule has 0 aliphatic heterocycles. The highest BCUT2D eigenvalue weighted by Crippen LogP contribution is 2.08. The highest BCUT2D eigenvalue weighted by Gasteiger charge is 2.19. The molecule has 2 rings (SSSR count). The second-order valence-corrected chi connectivity index (χ2v) is 7.23. The van der Waals surface area contributed by atoms with E-state index in [9.17, 15) is 13.8 Å². The van der Waals surface area contributed by atoms with Crippen LogP contribution < -0.4 is 11.1 Å². The van der Waals surface area contributed by atoms with Crippen LogP contribution in [0.4, 0.5) is 0 Å². The first-order valence-corrected chi connectivity index (χ1v) is 9.44. The van der Waals surface area contributed by atoms with Gasteiger partial charge in [0, 0.05) is 17.1 Å². The zero-order chi connectivity index (χ0) is 18.1. The van der Waals surface area contributed by atoms with Crippen LogP contribution in [-0.2, 0) is 26.8 Å². The topological polar surface area (TPSA) is 89.3 Å². The van der Waals surface area contributed by atoms with Crippen LogP contribution >= 0.6 is 0 Å². The Morgan fingerprint density at radius 2 is 1.60 bits per heavy atom. The number of benzene rings is 2. The third-order valence-corrected chi connectivity index (χ3v) is 5.16. The summed E-state index contributed by atoms with van der Waals surface area (Å²) in [7, 11) is -1.23. The van der Waals surface area contributed by atoms with Gasteiger partial charge in [0.1, 0.15) is 6.04 Å². The van der Waals surface area contributed by atoms with E-state index < -0.39 is 22.7 Å². The quantitative estimate of drug-likeness (QED) is 0.716. The van der Waals surface area contributed by atoms with Crippen molar-refractivity contribution in [3.63, 3.8) is 0 Å². The molecule has 5 nitrogen and oxygen atoms in total. The number of hydrogen-bond acceptors (Lipinski definition) is 3. The molecule has 2 amide bonds. The fourth-order valence-corrected chi connectivity index (χ4v) is 3.52. The SMILES string of the molecule is NC(=O)[C@H](CC[S@@](=O)c1ccccc1)NC(=O)CCc1ccccc1. The van der Waals surface area contributed by atoms with E-state index in [1.54, 1.807) is 12.1 Å². The number of nitrogens with one attached hydrogen (secondary N) is 1. The second-order valence-electron chi connectivity index (χ2n) is 5.66. The summed E-state index contributed by atoms with van der Waals surface area (Å²) in [6, 6.07) is 17.8. The van der Waals surface area contributed by atoms with Gasteiger partial charge in [-0.3, -0.25) is 13.8 Å². The van der Waals surface area contributed by atoms with Crippen molar-refractivity contribution in [2.24, 2.45) is 5.73 Å². The maximum atomic E-state index is 12.2. The maximum absolute atomic E-state index is 12.2. The van der Waals surface area contributed by atoms with Gasteiger partial charge in [-0.15, -0.1) is 0 Å². The molecule has 0 heterocycles. The van der Waals surface area contributed by atoms with Crippen LogP contribution in [0.5, 0.6) is 0 Å². The van der Waals surface area contributed by atoms with Gasteiger partial charge in [0.25, 0.3) is 0 Å². The molecule has 132 valence electrons. The molecule has 0 saturated heterocycles. The van der Waals surface area contributed by atoms with E-state index in [4.69, 9.17) is 5.73 Å². The lowest BCUT2D eigenvalue weighted by molar-refractivity contribution is -0.127. The number of aryl methyl sites for hydroxylation is 1. The largest absolute Gasteiger partial charge is 0.368 e. The molecule has 0 bridgehead atoms. The molecule has 0 saturated carbocycles. The molecule has 2 atom stereocenters. The van der Waals surface area contributed by atoms with Gasteiger partial charge in [-0.2, -0.15) is 0 Å². The van der Waals surface area contributed by atoms with E-state index in [1.807, 2.05) is 48.5 Å². The van der Waals surface area contributed by atoms with Crippen molar-refractivity contribution in [3.8, 4) is 0 Å². The van der Waals surface area contributed by atoms with E-state index in [0.29, 0.717) is 11.3 Å². The lowest BCUT2D eigenvalue weighted by atomic mass is 10.1. The lowest BCUT2D eigenvalue weighted by Gasteiger charge is -2.15. The van der Waals surface area contributed by atoms with Crippen LogP contribution in [0.15, 0.2) is 65.6 Å². The van der Waals surface area contributed by atoms with E-state index in [2.05, 4.69) is 5.32 Å². The van der Waals surface area contributed by atoms with Crippen LogP contribution in [0, 0.1) is 0 Å². The maximum Gasteiger partial charge on any atom is 0.240 e. The summed E-state index contributed by atoms with van der Waals surface area (Å²) >= 11 is 0. The first kappa shape index (κ1) is 18.9. The number of hydrogen-bond donors (Lipinski definition) is 2. The third kappa shape index (κ3) is 6.51. The van der Waals surface area contributed by atoms with Crippen LogP contribution in [0.3, 0.4) is 0 Å². The minimum absolute atomic E-state index is 0.238. The van der Waals surface area contributed by atoms with Gasteiger partial charge in [0.05, 0.1) is 10.8 Å². The Hall–Kier alpha value is -2.47. The molecule has 0 aliphatic carbocycles. The summed E-state index contributed by atoms with van der Waals surface area (Å²) in [6.45, 7) is 0. The first-order valence-electron chi connectivity index (χ1n) is 8.12. The molecule has 0 aromatic heterocycles. The van der Waals surface area contributed by atoms with Crippen molar-refractivity contribution >= 4 is 22.6 Å². The normalized spacial score (nSPS) is 13.0. The Morgan fingerprint density at radius 1 is 1.00 bits per heavy atom. The number of primary amides is 1. The van der Waals surface area contributed by atoms with Crippen molar-refractivity contribution in [3.05, 3.63) is 66.2 Å². The van der Waals surface area contributed by atoms with Gasteiger partial charge < -0.3 is 11.1 Å². The number of amides is 2. The summed E-state index contributed by atoms with van der Waals surface area (Å²) in [5, 5.41) is 2.65. The van der Waals surface area contributed by atoms with Crippen LogP contribution in [-0.4, -0.2) is 27.8 Å². The highest BCUT2D eigenvalue weighted by atomic mass is 32.2. The van der Waals surface area contributed by atoms with Gasteiger partial charge in [-0.25, -0.2) is 0 Å². The first-order chi connectivity index (χ1) is 12.1. The highest BCUT2D eigenvalue weighted by molar-refractivity contribution is 7.85. The predicted molar refractivity (Wildman–Crippen MR) is 98.2 cm³/mol. The lowest BCUT2D eigenvalue weighted by Crippen LogP contribution is -2.45. The second kappa shape index (κ2) is 9.74. The summed E-state index contributed by atoms with van der Waals surface area (Å²) in [5.74, 6) is -0.590. The molecule has 0 unspecified atom stereocenters. The standard InChI is InChI=1S/C19H22N2O3S/c20-19(23)17(13-14-25(24)16-9-5-2-6-10-16)21-18(22)12-11-15-7-3-1-4-8-15/h1-10,17H,11-14H2,(H2,20,23)(H,21,22)/t17-,25+/m0/s1. The van der Waals surface area contributed by atoms with Gasteiger partial charge >= 0.3 is 0 Å². The van der Waals surface area contributed by atoms with Crippen LogP contribution in [0.2, 0.25) is 0 Å². The van der Waals surface area contributed by atoms with Crippen molar-refractivity contribution < 1.29 is 13.8 Å². The van der Waals surface area contributed by atoms with E-state index in [0.717, 1.165) is 5.56 Å². The molecule has 25 heavy (non-hydrogen) atoms. The van der Waals surface area contributed by atoms with E-state index >= 15 is 0 Å². The molecule has 0 aliphatic rings. The Balaban J connectivity index is 1.82. The smallest absolute Gasteiger partial charge is 0.240 e. The van der Waals surface area contributed by atoms with Crippen LogP contribution in [0.25, 0.3) is 0 Å². The average Bonchev–Trinajstić information content (AvgIpc) is 2.64. The fourth-order valence-electron chi connectivity index (χ4n) is 2.37. The van der Waals surface area contributed by atoms with Crippen molar-refractivity contribution in [2.75, 3.05) is 5.75 Å². The molecule has 2 aromatic carbocycles. The summed E-state index contributed by atoms with van der Waals surface area (Å²) in [6.07, 6.45) is 1.11. The zero-order valence-corrected chi connectivity index (χ0v) is 14.7. The third-order valence-electron chi connectivity index (χ3n) is 3.76. The molecule has 6 heteroatoms. The molecule has 3 N–H and O–H groups in total. The molecule has 2 aromatic rings. The minimum Gasteiger partial charge on any atom is -0.368 e. The number of carbonyl (C=O) groups is 2. The summed E-state index contributed by atoms with van der Waals surface area (Å²) in [4.78, 5) is 24.3. The summed E-state index contributed by atoms with van der Waals surface area (Å²) in [5.41, 5.74) is 6.42. The predicted octanol–water partition coefficient (Wildman–Crippen LogP) is 1.79. The van der Waals surface area contributed by atoms with Crippen molar-refractivity contribution in [1.29, 1.82) is 0 Å². The van der Waals surface area contributed by atoms with Gasteiger partial charge in [-0.05, 0) is 30.5 Å². The molecule has 0 fully saturated rings. The molecular formula is C19H22N2O3S. The van der Waals surface area contributed by atoms with Gasteiger partial charge in [-0.1, -0.05) is 48.5 Å². The van der Waals surface area contributed by atoms with E-state index in [1.165, 1.54) is 0 Å². The molecular weight excluding hydrogens is 336 g/mol. The number of nitrogens with two attached hydrogens (primary N) is 1.